The SMILES string of the molecule is [C-]#[N+]C[C@@H]1CCCN(c2nc(OC(C)CN(C)C)nc3c2CO[C@H](c2cccc4cccc(Cl)c24)C3)C1.[C-]#[N+]C[C@@H]1CCCN(c2nc(OC[C@@H]3CCCN3C)nc3c2COC(c2cncc4ccccc24)C3)C1.[C-]#[N+]C[C@@H]1CCCN(c2nc(OC[C@@H]3CCCN3C)nc3c2CO[C@H](c2cccc4cccc(Cl)c24)C3)C1. The molecule has 12 heterocycles. The summed E-state index contributed by atoms with van der Waals surface area (Å²) in [6.45, 7) is 36.5. The highest BCUT2D eigenvalue weighted by Gasteiger charge is 2.37. The van der Waals surface area contributed by atoms with Gasteiger partial charge in [0.15, 0.2) is 0 Å². The van der Waals surface area contributed by atoms with Crippen LogP contribution in [0.4, 0.5) is 17.5 Å². The summed E-state index contributed by atoms with van der Waals surface area (Å²) < 4.78 is 38.2. The summed E-state index contributed by atoms with van der Waals surface area (Å²) in [5, 5.41) is 8.02. The number of halogens is 2. The third-order valence-corrected chi connectivity index (χ3v) is 24.3. The zero-order chi connectivity index (χ0) is 77.2. The molecule has 5 aromatic carbocycles. The maximum Gasteiger partial charge on any atom is 0.318 e. The van der Waals surface area contributed by atoms with E-state index in [0.29, 0.717) is 120 Å². The second-order valence-corrected chi connectivity index (χ2v) is 32.7. The van der Waals surface area contributed by atoms with Crippen molar-refractivity contribution in [3.8, 4) is 18.0 Å². The maximum atomic E-state index is 7.35. The van der Waals surface area contributed by atoms with E-state index < -0.39 is 0 Å². The lowest BCUT2D eigenvalue weighted by Crippen LogP contribution is -2.38. The number of aromatic nitrogens is 7. The second kappa shape index (κ2) is 36.4. The molecule has 0 N–H and O–H groups in total. The zero-order valence-corrected chi connectivity index (χ0v) is 66.7. The number of hydrogen-bond donors (Lipinski definition) is 0. The lowest BCUT2D eigenvalue weighted by Gasteiger charge is -2.35. The monoisotopic (exact) mass is 1550 g/mol. The molecule has 0 radical (unpaired) electrons. The predicted octanol–water partition coefficient (Wildman–Crippen LogP) is 15.7. The molecule has 0 amide bonds. The molecule has 0 bridgehead atoms. The standard InChI is InChI=1S/C30H34ClN5O2.C29H34ClN5O2.C29H34N6O2/c1-32-16-20-7-5-14-36(17-20)29-24-19-37-27(23-11-3-8-21-9-4-12-25(31)28(21)23)15-26(24)33-30(34-29)38-18-22-10-6-13-35(22)2;1-19(16-34(3)4)37-29-32-25-14-26(22-11-5-9-21-10-6-12-24(30)27(21)22)36-18-23(25)28(33-29)35-13-7-8-20(17-35)15-31-2;1-30-14-20-7-5-12-35(17-20)28-25-19-36-27(24-16-31-15-21-8-3-4-10-23(21)24)13-26(25)32-29(33-28)37-18-22-9-6-11-34(22)2/h3-4,8-9,11-12,20,22,27H,5-7,10,13-19H2,2H3;5-6,9-12,19-20,26H,7-8,13-18H2,1,3-4H3;3-4,8,10,15-16,20,22,27H,5-7,9,11-14,17-19H2,2H3/t20-,22-,27-;19?,20-,26-;20-,22-,27?/m000/s1. The summed E-state index contributed by atoms with van der Waals surface area (Å²) >= 11 is 13.3. The molecule has 17 rings (SSSR count). The van der Waals surface area contributed by atoms with E-state index in [9.17, 15) is 0 Å². The van der Waals surface area contributed by atoms with Gasteiger partial charge in [-0.05, 0) is 152 Å². The average molecular weight is 1550 g/mol. The number of benzene rings is 5. The van der Waals surface area contributed by atoms with Crippen LogP contribution < -0.4 is 28.9 Å². The Morgan fingerprint density at radius 3 is 1.31 bits per heavy atom. The second-order valence-electron chi connectivity index (χ2n) is 31.8. The Morgan fingerprint density at radius 2 is 0.884 bits per heavy atom. The molecule has 24 heteroatoms. The summed E-state index contributed by atoms with van der Waals surface area (Å²) in [7, 11) is 8.37. The van der Waals surface area contributed by atoms with E-state index in [1.807, 2.05) is 63.7 Å². The first-order chi connectivity index (χ1) is 54.7. The van der Waals surface area contributed by atoms with Crippen molar-refractivity contribution in [2.75, 3.05) is 135 Å². The molecule has 22 nitrogen and oxygen atoms in total. The Balaban J connectivity index is 0.000000133. The highest BCUT2D eigenvalue weighted by molar-refractivity contribution is 6.36. The normalized spacial score (nSPS) is 22.8. The van der Waals surface area contributed by atoms with Gasteiger partial charge in [-0.3, -0.25) is 4.98 Å². The van der Waals surface area contributed by atoms with Gasteiger partial charge in [0.25, 0.3) is 0 Å². The number of anilines is 3. The van der Waals surface area contributed by atoms with E-state index in [-0.39, 0.29) is 24.4 Å². The van der Waals surface area contributed by atoms with Gasteiger partial charge in [-0.15, -0.1) is 0 Å². The number of piperidine rings is 3. The number of ether oxygens (including phenoxy) is 6. The van der Waals surface area contributed by atoms with E-state index in [1.54, 1.807) is 0 Å². The molecule has 8 aliphatic rings. The topological polar surface area (TPSA) is 178 Å². The summed E-state index contributed by atoms with van der Waals surface area (Å²) in [6, 6.07) is 34.9. The van der Waals surface area contributed by atoms with Gasteiger partial charge < -0.3 is 72.4 Å². The van der Waals surface area contributed by atoms with Crippen molar-refractivity contribution in [1.82, 2.24) is 49.6 Å². The Bertz CT molecular complexity index is 4920. The minimum atomic E-state index is -0.165. The van der Waals surface area contributed by atoms with Gasteiger partial charge in [0.05, 0.1) is 55.2 Å². The number of fused-ring (bicyclic) bond motifs is 6. The van der Waals surface area contributed by atoms with Gasteiger partial charge >= 0.3 is 18.0 Å². The Labute approximate surface area is 668 Å². The smallest absolute Gasteiger partial charge is 0.318 e. The van der Waals surface area contributed by atoms with Crippen molar-refractivity contribution in [3.63, 3.8) is 0 Å². The number of hydrogen-bond acceptors (Lipinski definition) is 19. The summed E-state index contributed by atoms with van der Waals surface area (Å²) in [5.74, 6) is 3.80. The molecule has 5 fully saturated rings. The van der Waals surface area contributed by atoms with E-state index >= 15 is 0 Å². The van der Waals surface area contributed by atoms with Crippen molar-refractivity contribution >= 4 is 73.0 Å². The van der Waals surface area contributed by atoms with Crippen LogP contribution in [-0.4, -0.2) is 188 Å². The molecule has 5 saturated heterocycles. The summed E-state index contributed by atoms with van der Waals surface area (Å²) in [6.07, 6.45) is 16.3. The van der Waals surface area contributed by atoms with Crippen LogP contribution in [0, 0.1) is 37.5 Å². The average Bonchev–Trinajstić information content (AvgIpc) is 0.852. The quantitative estimate of drug-likeness (QED) is 0.0697. The first-order valence-electron chi connectivity index (χ1n) is 40.2. The molecule has 0 aliphatic carbocycles. The molecule has 4 aromatic heterocycles. The van der Waals surface area contributed by atoms with E-state index in [4.69, 9.17) is 101 Å². The van der Waals surface area contributed by atoms with Crippen LogP contribution in [0.1, 0.15) is 140 Å². The minimum Gasteiger partial charge on any atom is -0.462 e. The maximum absolute atomic E-state index is 7.35. The van der Waals surface area contributed by atoms with Crippen LogP contribution in [-0.2, 0) is 53.3 Å². The molecule has 9 atom stereocenters. The van der Waals surface area contributed by atoms with E-state index in [0.717, 1.165) is 215 Å². The van der Waals surface area contributed by atoms with Crippen LogP contribution in [0.3, 0.4) is 0 Å². The molecule has 584 valence electrons. The first kappa shape index (κ1) is 78.2. The molecule has 0 saturated carbocycles. The fourth-order valence-corrected chi connectivity index (χ4v) is 18.5. The molecule has 9 aromatic rings. The van der Waals surface area contributed by atoms with Gasteiger partial charge in [0.1, 0.15) is 36.8 Å². The summed E-state index contributed by atoms with van der Waals surface area (Å²) in [5.41, 5.74) is 9.32. The number of nitrogens with zero attached hydrogens (tertiary/aromatic N) is 16. The van der Waals surface area contributed by atoms with Gasteiger partial charge in [-0.1, -0.05) is 108 Å². The van der Waals surface area contributed by atoms with Crippen LogP contribution >= 0.6 is 23.2 Å². The fraction of sp³-hybridized carbons (Fsp3) is 0.500. The van der Waals surface area contributed by atoms with Crippen molar-refractivity contribution in [1.29, 1.82) is 0 Å². The van der Waals surface area contributed by atoms with Gasteiger partial charge in [0, 0.05) is 156 Å². The molecule has 2 unspecified atom stereocenters. The summed E-state index contributed by atoms with van der Waals surface area (Å²) in [4.78, 5) is 58.9. The Hall–Kier alpha value is -9.12. The number of pyridine rings is 1. The number of rotatable bonds is 19. The largest absolute Gasteiger partial charge is 0.462 e. The fourth-order valence-electron chi connectivity index (χ4n) is 17.9. The lowest BCUT2D eigenvalue weighted by molar-refractivity contribution is 0.0262. The molecular formula is C88H102Cl2N16O6. The molecule has 112 heavy (non-hydrogen) atoms. The van der Waals surface area contributed by atoms with Gasteiger partial charge in [-0.25, -0.2) is 19.7 Å². The number of likely N-dealkylation sites (tertiary alicyclic amines) is 2. The minimum absolute atomic E-state index is 0.0513. The molecule has 8 aliphatic heterocycles. The van der Waals surface area contributed by atoms with E-state index in [2.05, 4.69) is 130 Å². The molecule has 0 spiro atoms. The van der Waals surface area contributed by atoms with Gasteiger partial charge in [0.2, 0.25) is 19.6 Å². The third-order valence-electron chi connectivity index (χ3n) is 23.7. The van der Waals surface area contributed by atoms with Crippen LogP contribution in [0.15, 0.2) is 109 Å². The highest BCUT2D eigenvalue weighted by atomic mass is 35.5. The van der Waals surface area contributed by atoms with E-state index in [1.165, 1.54) is 18.2 Å². The Morgan fingerprint density at radius 1 is 0.482 bits per heavy atom. The van der Waals surface area contributed by atoms with Crippen LogP contribution in [0.25, 0.3) is 46.9 Å². The zero-order valence-electron chi connectivity index (χ0n) is 65.2. The van der Waals surface area contributed by atoms with Crippen molar-refractivity contribution in [2.45, 2.75) is 147 Å². The lowest BCUT2D eigenvalue weighted by atomic mass is 9.94. The highest BCUT2D eigenvalue weighted by Crippen LogP contribution is 2.44. The predicted molar refractivity (Wildman–Crippen MR) is 440 cm³/mol. The van der Waals surface area contributed by atoms with Crippen molar-refractivity contribution in [2.24, 2.45) is 17.8 Å². The molecular weight excluding hydrogens is 1450 g/mol. The van der Waals surface area contributed by atoms with Crippen LogP contribution in [0.2, 0.25) is 10.0 Å². The number of likely N-dealkylation sites (N-methyl/N-ethyl adjacent to an activating group) is 3. The third kappa shape index (κ3) is 18.1. The Kier molecular flexibility index (Phi) is 25.4. The van der Waals surface area contributed by atoms with Crippen molar-refractivity contribution < 1.29 is 28.4 Å². The van der Waals surface area contributed by atoms with Crippen LogP contribution in [0.5, 0.6) is 18.0 Å². The van der Waals surface area contributed by atoms with Crippen molar-refractivity contribution in [3.05, 3.63) is 204 Å². The first-order valence-corrected chi connectivity index (χ1v) is 40.9. The van der Waals surface area contributed by atoms with Gasteiger partial charge in [-0.2, -0.15) is 29.9 Å².